The molecule has 3 nitrogen and oxygen atoms in total. The molecule has 80 valence electrons. The van der Waals surface area contributed by atoms with Crippen LogP contribution in [-0.2, 0) is 0 Å². The Morgan fingerprint density at radius 2 is 1.94 bits per heavy atom. The maximum Gasteiger partial charge on any atom is 0.269 e. The predicted molar refractivity (Wildman–Crippen MR) is 66.5 cm³/mol. The number of rotatable bonds is 3. The van der Waals surface area contributed by atoms with Gasteiger partial charge in [0.15, 0.2) is 0 Å². The summed E-state index contributed by atoms with van der Waals surface area (Å²) in [6, 6.07) is 8.53. The highest BCUT2D eigenvalue weighted by Crippen LogP contribution is 2.30. The molecule has 1 aromatic heterocycles. The molecule has 0 aliphatic rings. The molecule has 0 unspecified atom stereocenters. The molecule has 0 amide bonds. The Balaban J connectivity index is 2.42. The molecule has 1 heterocycles. The number of hydrogen-bond donors (Lipinski definition) is 0. The van der Waals surface area contributed by atoms with Crippen molar-refractivity contribution in [2.75, 3.05) is 0 Å². The van der Waals surface area contributed by atoms with Gasteiger partial charge in [-0.2, -0.15) is 0 Å². The summed E-state index contributed by atoms with van der Waals surface area (Å²) in [4.78, 5) is 11.2. The Kier molecular flexibility index (Phi) is 2.83. The fourth-order valence-electron chi connectivity index (χ4n) is 1.48. The van der Waals surface area contributed by atoms with Gasteiger partial charge in [-0.15, -0.1) is 11.3 Å². The molecule has 2 rings (SSSR count). The standard InChI is InChI=1S/C12H9NO2S/c1-2-12-11(7-8-16-12)9-3-5-10(6-4-9)13(14)15/h2-8H,1H2. The van der Waals surface area contributed by atoms with Gasteiger partial charge in [0.05, 0.1) is 4.92 Å². The van der Waals surface area contributed by atoms with Crippen molar-refractivity contribution < 1.29 is 4.92 Å². The van der Waals surface area contributed by atoms with Crippen molar-refractivity contribution in [2.45, 2.75) is 0 Å². The first-order valence-corrected chi connectivity index (χ1v) is 5.55. The van der Waals surface area contributed by atoms with Crippen LogP contribution in [0.15, 0.2) is 42.3 Å². The van der Waals surface area contributed by atoms with Crippen molar-refractivity contribution in [3.63, 3.8) is 0 Å². The molecule has 0 fully saturated rings. The van der Waals surface area contributed by atoms with Crippen LogP contribution in [0.2, 0.25) is 0 Å². The third-order valence-electron chi connectivity index (χ3n) is 2.27. The molecule has 0 spiro atoms. The normalized spacial score (nSPS) is 10.0. The molecule has 2 aromatic rings. The number of thiophene rings is 1. The molecule has 16 heavy (non-hydrogen) atoms. The zero-order valence-electron chi connectivity index (χ0n) is 8.42. The van der Waals surface area contributed by atoms with Gasteiger partial charge in [-0.25, -0.2) is 0 Å². The third-order valence-corrected chi connectivity index (χ3v) is 3.18. The molecule has 0 atom stereocenters. The van der Waals surface area contributed by atoms with Crippen LogP contribution in [0.5, 0.6) is 0 Å². The number of hydrogen-bond acceptors (Lipinski definition) is 3. The summed E-state index contributed by atoms with van der Waals surface area (Å²) in [7, 11) is 0. The first-order chi connectivity index (χ1) is 7.72. The molecule has 0 radical (unpaired) electrons. The highest BCUT2D eigenvalue weighted by molar-refractivity contribution is 7.11. The van der Waals surface area contributed by atoms with Crippen molar-refractivity contribution in [3.8, 4) is 11.1 Å². The van der Waals surface area contributed by atoms with E-state index in [9.17, 15) is 10.1 Å². The lowest BCUT2D eigenvalue weighted by atomic mass is 10.1. The smallest absolute Gasteiger partial charge is 0.258 e. The molecule has 4 heteroatoms. The van der Waals surface area contributed by atoms with Gasteiger partial charge in [-0.1, -0.05) is 12.7 Å². The van der Waals surface area contributed by atoms with Gasteiger partial charge < -0.3 is 0 Å². The SMILES string of the molecule is C=Cc1sccc1-c1ccc([N+](=O)[O-])cc1. The van der Waals surface area contributed by atoms with Crippen LogP contribution >= 0.6 is 11.3 Å². The molecule has 0 saturated carbocycles. The van der Waals surface area contributed by atoms with Gasteiger partial charge in [-0.3, -0.25) is 10.1 Å². The summed E-state index contributed by atoms with van der Waals surface area (Å²) in [5.41, 5.74) is 2.15. The number of nitro groups is 1. The second kappa shape index (κ2) is 4.28. The van der Waals surface area contributed by atoms with E-state index in [0.29, 0.717) is 0 Å². The van der Waals surface area contributed by atoms with Crippen molar-refractivity contribution in [3.05, 3.63) is 57.3 Å². The van der Waals surface area contributed by atoms with Crippen LogP contribution < -0.4 is 0 Å². The quantitative estimate of drug-likeness (QED) is 0.592. The minimum absolute atomic E-state index is 0.110. The number of non-ortho nitro benzene ring substituents is 1. The summed E-state index contributed by atoms with van der Waals surface area (Å²) in [6.45, 7) is 3.74. The van der Waals surface area contributed by atoms with Crippen LogP contribution in [0.25, 0.3) is 17.2 Å². The highest BCUT2D eigenvalue weighted by atomic mass is 32.1. The number of benzene rings is 1. The van der Waals surface area contributed by atoms with E-state index in [2.05, 4.69) is 6.58 Å². The van der Waals surface area contributed by atoms with Crippen molar-refractivity contribution in [1.29, 1.82) is 0 Å². The average molecular weight is 231 g/mol. The third kappa shape index (κ3) is 1.87. The van der Waals surface area contributed by atoms with E-state index >= 15 is 0 Å². The molecule has 1 aromatic carbocycles. The van der Waals surface area contributed by atoms with Crippen LogP contribution in [0.1, 0.15) is 4.88 Å². The van der Waals surface area contributed by atoms with Gasteiger partial charge >= 0.3 is 0 Å². The van der Waals surface area contributed by atoms with Crippen molar-refractivity contribution >= 4 is 23.1 Å². The first-order valence-electron chi connectivity index (χ1n) is 4.67. The summed E-state index contributed by atoms with van der Waals surface area (Å²) >= 11 is 1.60. The summed E-state index contributed by atoms with van der Waals surface area (Å²) in [5.74, 6) is 0. The van der Waals surface area contributed by atoms with Crippen LogP contribution in [-0.4, -0.2) is 4.92 Å². The van der Waals surface area contributed by atoms with Crippen molar-refractivity contribution in [1.82, 2.24) is 0 Å². The Morgan fingerprint density at radius 1 is 1.25 bits per heavy atom. The van der Waals surface area contributed by atoms with Gasteiger partial charge in [-0.05, 0) is 34.7 Å². The van der Waals surface area contributed by atoms with E-state index in [1.807, 2.05) is 11.4 Å². The largest absolute Gasteiger partial charge is 0.269 e. The maximum absolute atomic E-state index is 10.5. The zero-order valence-corrected chi connectivity index (χ0v) is 9.24. The minimum Gasteiger partial charge on any atom is -0.258 e. The molecule has 0 saturated heterocycles. The van der Waals surface area contributed by atoms with Crippen LogP contribution in [0.3, 0.4) is 0 Å². The minimum atomic E-state index is -0.397. The summed E-state index contributed by atoms with van der Waals surface area (Å²) in [6.07, 6.45) is 1.79. The van der Waals surface area contributed by atoms with Gasteiger partial charge in [0, 0.05) is 17.0 Å². The van der Waals surface area contributed by atoms with E-state index in [0.717, 1.165) is 16.0 Å². The second-order valence-corrected chi connectivity index (χ2v) is 4.15. The Bertz CT molecular complexity index is 528. The lowest BCUT2D eigenvalue weighted by Gasteiger charge is -1.99. The van der Waals surface area contributed by atoms with E-state index in [1.54, 1.807) is 29.5 Å². The second-order valence-electron chi connectivity index (χ2n) is 3.21. The zero-order chi connectivity index (χ0) is 11.5. The monoisotopic (exact) mass is 231 g/mol. The van der Waals surface area contributed by atoms with Gasteiger partial charge in [0.1, 0.15) is 0 Å². The summed E-state index contributed by atoms with van der Waals surface area (Å²) < 4.78 is 0. The number of nitro benzene ring substituents is 1. The molecule has 0 N–H and O–H groups in total. The molecular weight excluding hydrogens is 222 g/mol. The topological polar surface area (TPSA) is 43.1 Å². The maximum atomic E-state index is 10.5. The van der Waals surface area contributed by atoms with E-state index in [-0.39, 0.29) is 5.69 Å². The molecule has 0 aliphatic carbocycles. The fourth-order valence-corrected chi connectivity index (χ4v) is 2.24. The fraction of sp³-hybridized carbons (Fsp3) is 0. The lowest BCUT2D eigenvalue weighted by molar-refractivity contribution is -0.384. The van der Waals surface area contributed by atoms with Gasteiger partial charge in [0.2, 0.25) is 0 Å². The Labute approximate surface area is 96.8 Å². The molecular formula is C12H9NO2S. The summed E-state index contributed by atoms with van der Waals surface area (Å²) in [5, 5.41) is 12.5. The average Bonchev–Trinajstić information content (AvgIpc) is 2.77. The molecule has 0 aliphatic heterocycles. The van der Waals surface area contributed by atoms with Crippen LogP contribution in [0, 0.1) is 10.1 Å². The van der Waals surface area contributed by atoms with E-state index < -0.39 is 4.92 Å². The Morgan fingerprint density at radius 3 is 2.50 bits per heavy atom. The Hall–Kier alpha value is -1.94. The predicted octanol–water partition coefficient (Wildman–Crippen LogP) is 3.97. The van der Waals surface area contributed by atoms with Crippen LogP contribution in [0.4, 0.5) is 5.69 Å². The number of nitrogens with zero attached hydrogens (tertiary/aromatic N) is 1. The van der Waals surface area contributed by atoms with E-state index in [4.69, 9.17) is 0 Å². The van der Waals surface area contributed by atoms with Crippen molar-refractivity contribution in [2.24, 2.45) is 0 Å². The molecule has 0 bridgehead atoms. The highest BCUT2D eigenvalue weighted by Gasteiger charge is 2.07. The first kappa shape index (κ1) is 10.6. The van der Waals surface area contributed by atoms with E-state index in [1.165, 1.54) is 12.1 Å². The lowest BCUT2D eigenvalue weighted by Crippen LogP contribution is -1.87. The van der Waals surface area contributed by atoms with Gasteiger partial charge in [0.25, 0.3) is 5.69 Å².